The number of hydrogen-bond donors (Lipinski definition) is 0. The third-order valence-corrected chi connectivity index (χ3v) is 4.13. The summed E-state index contributed by atoms with van der Waals surface area (Å²) in [7, 11) is 0. The van der Waals surface area contributed by atoms with Crippen LogP contribution in [0.1, 0.15) is 56.6 Å². The van der Waals surface area contributed by atoms with Crippen LogP contribution in [0, 0.1) is 0 Å². The molecule has 0 N–H and O–H groups in total. The Kier molecular flexibility index (Phi) is 5.25. The molecule has 1 atom stereocenters. The average molecular weight is 245 g/mol. The Morgan fingerprint density at radius 3 is 2.50 bits per heavy atom. The maximum atomic E-state index is 2.64. The van der Waals surface area contributed by atoms with E-state index in [1.165, 1.54) is 51.7 Å². The quantitative estimate of drug-likeness (QED) is 0.695. The standard InChI is InChI=1S/C17H27N/c1-3-12-18(13-4-2)14-11-16-10-9-15-7-5-6-8-17(15)16/h5-8,16H,3-4,9-14H2,1-2H3/t16-/m1/s1. The highest BCUT2D eigenvalue weighted by atomic mass is 15.1. The second-order valence-corrected chi connectivity index (χ2v) is 5.56. The topological polar surface area (TPSA) is 3.24 Å². The molecular weight excluding hydrogens is 218 g/mol. The van der Waals surface area contributed by atoms with Crippen molar-refractivity contribution in [3.05, 3.63) is 35.4 Å². The largest absolute Gasteiger partial charge is 0.303 e. The lowest BCUT2D eigenvalue weighted by Crippen LogP contribution is -2.27. The van der Waals surface area contributed by atoms with Crippen LogP contribution in [0.4, 0.5) is 0 Å². The second-order valence-electron chi connectivity index (χ2n) is 5.56. The summed E-state index contributed by atoms with van der Waals surface area (Å²) in [6.45, 7) is 8.38. The Morgan fingerprint density at radius 1 is 1.06 bits per heavy atom. The molecule has 0 fully saturated rings. The number of benzene rings is 1. The Hall–Kier alpha value is -0.820. The average Bonchev–Trinajstić information content (AvgIpc) is 2.80. The minimum atomic E-state index is 0.817. The third-order valence-electron chi connectivity index (χ3n) is 4.13. The molecule has 0 heterocycles. The van der Waals surface area contributed by atoms with Gasteiger partial charge in [0.15, 0.2) is 0 Å². The van der Waals surface area contributed by atoms with Crippen molar-refractivity contribution in [3.8, 4) is 0 Å². The van der Waals surface area contributed by atoms with Crippen LogP contribution in [0.25, 0.3) is 0 Å². The summed E-state index contributed by atoms with van der Waals surface area (Å²) in [5.74, 6) is 0.817. The van der Waals surface area contributed by atoms with Crippen LogP contribution in [0.3, 0.4) is 0 Å². The van der Waals surface area contributed by atoms with E-state index in [1.54, 1.807) is 11.1 Å². The molecule has 100 valence electrons. The van der Waals surface area contributed by atoms with Gasteiger partial charge in [0, 0.05) is 0 Å². The number of fused-ring (bicyclic) bond motifs is 1. The lowest BCUT2D eigenvalue weighted by molar-refractivity contribution is 0.263. The van der Waals surface area contributed by atoms with Gasteiger partial charge in [-0.25, -0.2) is 0 Å². The highest BCUT2D eigenvalue weighted by molar-refractivity contribution is 5.34. The van der Waals surface area contributed by atoms with E-state index >= 15 is 0 Å². The minimum Gasteiger partial charge on any atom is -0.303 e. The van der Waals surface area contributed by atoms with Gasteiger partial charge in [0.1, 0.15) is 0 Å². The summed E-state index contributed by atoms with van der Waals surface area (Å²) < 4.78 is 0. The van der Waals surface area contributed by atoms with Crippen molar-refractivity contribution in [2.24, 2.45) is 0 Å². The van der Waals surface area contributed by atoms with Gasteiger partial charge < -0.3 is 4.90 Å². The van der Waals surface area contributed by atoms with Crippen molar-refractivity contribution in [3.63, 3.8) is 0 Å². The van der Waals surface area contributed by atoms with Gasteiger partial charge in [0.2, 0.25) is 0 Å². The first-order valence-electron chi connectivity index (χ1n) is 7.65. The van der Waals surface area contributed by atoms with Crippen molar-refractivity contribution in [2.75, 3.05) is 19.6 Å². The van der Waals surface area contributed by atoms with Gasteiger partial charge in [0.25, 0.3) is 0 Å². The zero-order valence-electron chi connectivity index (χ0n) is 12.0. The molecule has 0 aromatic heterocycles. The maximum absolute atomic E-state index is 2.64. The van der Waals surface area contributed by atoms with Crippen molar-refractivity contribution in [1.82, 2.24) is 4.90 Å². The lowest BCUT2D eigenvalue weighted by Gasteiger charge is -2.23. The monoisotopic (exact) mass is 245 g/mol. The van der Waals surface area contributed by atoms with Crippen LogP contribution in [0.2, 0.25) is 0 Å². The first-order valence-corrected chi connectivity index (χ1v) is 7.65. The van der Waals surface area contributed by atoms with Crippen LogP contribution in [0.15, 0.2) is 24.3 Å². The normalized spacial score (nSPS) is 18.3. The van der Waals surface area contributed by atoms with E-state index in [0.717, 1.165) is 5.92 Å². The van der Waals surface area contributed by atoms with Crippen molar-refractivity contribution < 1.29 is 0 Å². The van der Waals surface area contributed by atoms with Gasteiger partial charge in [-0.2, -0.15) is 0 Å². The summed E-state index contributed by atoms with van der Waals surface area (Å²) in [6, 6.07) is 9.04. The van der Waals surface area contributed by atoms with E-state index in [1.807, 2.05) is 0 Å². The fourth-order valence-corrected chi connectivity index (χ4v) is 3.25. The van der Waals surface area contributed by atoms with Crippen LogP contribution >= 0.6 is 0 Å². The Balaban J connectivity index is 1.87. The highest BCUT2D eigenvalue weighted by Crippen LogP contribution is 2.35. The van der Waals surface area contributed by atoms with Gasteiger partial charge >= 0.3 is 0 Å². The summed E-state index contributed by atoms with van der Waals surface area (Å²) in [5, 5.41) is 0. The Morgan fingerprint density at radius 2 is 1.78 bits per heavy atom. The van der Waals surface area contributed by atoms with Crippen molar-refractivity contribution in [2.45, 2.75) is 51.9 Å². The van der Waals surface area contributed by atoms with Gasteiger partial charge in [-0.1, -0.05) is 38.1 Å². The van der Waals surface area contributed by atoms with E-state index in [9.17, 15) is 0 Å². The molecule has 1 aliphatic carbocycles. The van der Waals surface area contributed by atoms with E-state index in [0.29, 0.717) is 0 Å². The first kappa shape index (κ1) is 13.6. The number of aryl methyl sites for hydroxylation is 1. The highest BCUT2D eigenvalue weighted by Gasteiger charge is 2.21. The fourth-order valence-electron chi connectivity index (χ4n) is 3.25. The molecular formula is C17H27N. The van der Waals surface area contributed by atoms with Gasteiger partial charge in [-0.3, -0.25) is 0 Å². The molecule has 0 amide bonds. The molecule has 18 heavy (non-hydrogen) atoms. The summed E-state index contributed by atoms with van der Waals surface area (Å²) >= 11 is 0. The molecule has 0 bridgehead atoms. The van der Waals surface area contributed by atoms with Gasteiger partial charge in [0.05, 0.1) is 0 Å². The first-order chi connectivity index (χ1) is 8.85. The Bertz CT molecular complexity index is 352. The van der Waals surface area contributed by atoms with Crippen molar-refractivity contribution >= 4 is 0 Å². The zero-order valence-corrected chi connectivity index (χ0v) is 12.0. The lowest BCUT2D eigenvalue weighted by atomic mass is 9.97. The molecule has 0 saturated carbocycles. The van der Waals surface area contributed by atoms with E-state index in [2.05, 4.69) is 43.0 Å². The SMILES string of the molecule is CCCN(CCC)CC[C@H]1CCc2ccccc21. The molecule has 0 aliphatic heterocycles. The van der Waals surface area contributed by atoms with E-state index < -0.39 is 0 Å². The molecule has 1 aromatic carbocycles. The van der Waals surface area contributed by atoms with E-state index in [4.69, 9.17) is 0 Å². The molecule has 1 nitrogen and oxygen atoms in total. The maximum Gasteiger partial charge on any atom is -0.00129 e. The van der Waals surface area contributed by atoms with Crippen LogP contribution in [-0.2, 0) is 6.42 Å². The van der Waals surface area contributed by atoms with Crippen molar-refractivity contribution in [1.29, 1.82) is 0 Å². The van der Waals surface area contributed by atoms with Gasteiger partial charge in [-0.05, 0) is 68.8 Å². The number of hydrogen-bond acceptors (Lipinski definition) is 1. The molecule has 1 aromatic rings. The third kappa shape index (κ3) is 3.35. The van der Waals surface area contributed by atoms with Crippen LogP contribution in [-0.4, -0.2) is 24.5 Å². The summed E-state index contributed by atoms with van der Waals surface area (Å²) in [6.07, 6.45) is 6.56. The minimum absolute atomic E-state index is 0.817. The molecule has 0 unspecified atom stereocenters. The molecule has 1 aliphatic rings. The Labute approximate surface area is 112 Å². The summed E-state index contributed by atoms with van der Waals surface area (Å²) in [5.41, 5.74) is 3.23. The predicted molar refractivity (Wildman–Crippen MR) is 79.1 cm³/mol. The molecule has 1 heteroatoms. The molecule has 0 radical (unpaired) electrons. The molecule has 0 saturated heterocycles. The molecule has 2 rings (SSSR count). The number of nitrogens with zero attached hydrogens (tertiary/aromatic N) is 1. The summed E-state index contributed by atoms with van der Waals surface area (Å²) in [4.78, 5) is 2.64. The van der Waals surface area contributed by atoms with E-state index in [-0.39, 0.29) is 0 Å². The van der Waals surface area contributed by atoms with Crippen LogP contribution in [0.5, 0.6) is 0 Å². The molecule has 0 spiro atoms. The van der Waals surface area contributed by atoms with Crippen LogP contribution < -0.4 is 0 Å². The second kappa shape index (κ2) is 6.94. The smallest absolute Gasteiger partial charge is 0.00129 e. The zero-order chi connectivity index (χ0) is 12.8. The number of rotatable bonds is 7. The predicted octanol–water partition coefficient (Wildman–Crippen LogP) is 4.23. The fraction of sp³-hybridized carbons (Fsp3) is 0.647. The van der Waals surface area contributed by atoms with Gasteiger partial charge in [-0.15, -0.1) is 0 Å².